The molecule has 2 heterocycles. The number of carboxylic acid groups (broad SMARTS) is 1. The molecule has 2 aromatic rings. The van der Waals surface area contributed by atoms with Crippen LogP contribution in [0, 0.1) is 0 Å². The van der Waals surface area contributed by atoms with Gasteiger partial charge in [-0.05, 0) is 55.2 Å². The van der Waals surface area contributed by atoms with Gasteiger partial charge in [-0.25, -0.2) is 4.98 Å². The van der Waals surface area contributed by atoms with Crippen molar-refractivity contribution in [3.63, 3.8) is 0 Å². The number of hydrogen-bond donors (Lipinski definition) is 1. The van der Waals surface area contributed by atoms with E-state index in [2.05, 4.69) is 26.0 Å². The van der Waals surface area contributed by atoms with E-state index in [0.717, 1.165) is 33.5 Å². The van der Waals surface area contributed by atoms with E-state index >= 15 is 0 Å². The number of carbonyl (C=O) groups is 1. The molecule has 1 aliphatic rings. The van der Waals surface area contributed by atoms with Gasteiger partial charge in [0.1, 0.15) is 10.8 Å². The van der Waals surface area contributed by atoms with Crippen LogP contribution in [-0.2, 0) is 11.2 Å². The summed E-state index contributed by atoms with van der Waals surface area (Å²) in [5.41, 5.74) is 1.19. The lowest BCUT2D eigenvalue weighted by Crippen LogP contribution is -2.23. The zero-order valence-electron chi connectivity index (χ0n) is 15.0. The van der Waals surface area contributed by atoms with Crippen molar-refractivity contribution in [2.24, 2.45) is 0 Å². The quantitative estimate of drug-likeness (QED) is 0.649. The van der Waals surface area contributed by atoms with Crippen LogP contribution in [0.5, 0.6) is 5.75 Å². The Morgan fingerprint density at radius 2 is 2.12 bits per heavy atom. The fourth-order valence-electron chi connectivity index (χ4n) is 2.85. The summed E-state index contributed by atoms with van der Waals surface area (Å²) in [6.45, 7) is 4.33. The number of hydrogen-bond acceptors (Lipinski definition) is 5. The van der Waals surface area contributed by atoms with E-state index in [-0.39, 0.29) is 12.5 Å². The predicted molar refractivity (Wildman–Crippen MR) is 105 cm³/mol. The zero-order chi connectivity index (χ0) is 18.5. The van der Waals surface area contributed by atoms with Gasteiger partial charge in [-0.2, -0.15) is 0 Å². The summed E-state index contributed by atoms with van der Waals surface area (Å²) in [7, 11) is 0. The van der Waals surface area contributed by atoms with Gasteiger partial charge in [0.25, 0.3) is 0 Å². The second kappa shape index (κ2) is 8.82. The Morgan fingerprint density at radius 3 is 2.88 bits per heavy atom. The van der Waals surface area contributed by atoms with Gasteiger partial charge >= 0.3 is 5.97 Å². The van der Waals surface area contributed by atoms with E-state index < -0.39 is 5.97 Å². The average molecular weight is 390 g/mol. The molecule has 0 aliphatic carbocycles. The molecule has 1 aliphatic heterocycles. The normalized spacial score (nSPS) is 16.2. The Bertz CT molecular complexity index is 779. The van der Waals surface area contributed by atoms with Gasteiger partial charge in [0, 0.05) is 16.6 Å². The van der Waals surface area contributed by atoms with Crippen LogP contribution in [0.4, 0.5) is 0 Å². The Morgan fingerprint density at radius 1 is 1.31 bits per heavy atom. The molecule has 0 amide bonds. The number of aromatic nitrogens is 1. The van der Waals surface area contributed by atoms with Crippen LogP contribution in [0.25, 0.3) is 0 Å². The lowest BCUT2D eigenvalue weighted by atomic mass is 9.99. The highest BCUT2D eigenvalue weighted by atomic mass is 32.2. The van der Waals surface area contributed by atoms with Crippen molar-refractivity contribution in [1.82, 2.24) is 4.98 Å². The molecule has 0 bridgehead atoms. The first kappa shape index (κ1) is 19.1. The Labute approximate surface area is 162 Å². The van der Waals surface area contributed by atoms with Crippen LogP contribution in [0.3, 0.4) is 0 Å². The molecule has 0 fully saturated rings. The highest BCUT2D eigenvalue weighted by Crippen LogP contribution is 2.35. The van der Waals surface area contributed by atoms with Gasteiger partial charge in [0.15, 0.2) is 0 Å². The average Bonchev–Trinajstić information content (AvgIpc) is 2.59. The number of aryl methyl sites for hydroxylation is 1. The van der Waals surface area contributed by atoms with E-state index in [9.17, 15) is 4.79 Å². The fraction of sp³-hybridized carbons (Fsp3) is 0.400. The topological polar surface area (TPSA) is 59.4 Å². The standard InChI is InChI=1S/C20H23NO3S2/c1-13(2)25-18-4-3-5-19(21-18)26-16-9-10-17-14(12-16)6-7-15(24-17)8-11-20(22)23/h3-5,9-10,12-13,15H,6-8,11H2,1-2H3,(H,22,23). The molecule has 1 aromatic carbocycles. The smallest absolute Gasteiger partial charge is 0.303 e. The zero-order valence-corrected chi connectivity index (χ0v) is 16.6. The second-order valence-electron chi connectivity index (χ2n) is 6.56. The maximum absolute atomic E-state index is 10.7. The number of carboxylic acids is 1. The molecule has 26 heavy (non-hydrogen) atoms. The summed E-state index contributed by atoms with van der Waals surface area (Å²) < 4.78 is 5.96. The van der Waals surface area contributed by atoms with Gasteiger partial charge in [-0.15, -0.1) is 11.8 Å². The summed E-state index contributed by atoms with van der Waals surface area (Å²) in [5.74, 6) is 0.115. The number of pyridine rings is 1. The van der Waals surface area contributed by atoms with Crippen molar-refractivity contribution >= 4 is 29.5 Å². The van der Waals surface area contributed by atoms with E-state index in [0.29, 0.717) is 11.7 Å². The number of aliphatic carboxylic acids is 1. The lowest BCUT2D eigenvalue weighted by Gasteiger charge is -2.26. The summed E-state index contributed by atoms with van der Waals surface area (Å²) >= 11 is 3.43. The van der Waals surface area contributed by atoms with Crippen molar-refractivity contribution in [2.45, 2.75) is 65.8 Å². The number of rotatable bonds is 7. The first-order chi connectivity index (χ1) is 12.5. The van der Waals surface area contributed by atoms with Crippen molar-refractivity contribution in [3.8, 4) is 5.75 Å². The van der Waals surface area contributed by atoms with Crippen LogP contribution in [0.15, 0.2) is 51.3 Å². The summed E-state index contributed by atoms with van der Waals surface area (Å²) in [5, 5.41) is 11.4. The van der Waals surface area contributed by atoms with E-state index in [1.54, 1.807) is 23.5 Å². The summed E-state index contributed by atoms with van der Waals surface area (Å²) in [6.07, 6.45) is 2.51. The summed E-state index contributed by atoms with van der Waals surface area (Å²) in [6, 6.07) is 12.3. The third-order valence-electron chi connectivity index (χ3n) is 4.02. The van der Waals surface area contributed by atoms with Gasteiger partial charge in [0.2, 0.25) is 0 Å². The molecule has 0 saturated heterocycles. The largest absolute Gasteiger partial charge is 0.490 e. The number of benzene rings is 1. The minimum atomic E-state index is -0.767. The van der Waals surface area contributed by atoms with Crippen molar-refractivity contribution in [2.75, 3.05) is 0 Å². The maximum Gasteiger partial charge on any atom is 0.303 e. The number of thioether (sulfide) groups is 1. The van der Waals surface area contributed by atoms with Gasteiger partial charge in [0.05, 0.1) is 11.1 Å². The maximum atomic E-state index is 10.7. The Balaban J connectivity index is 1.66. The monoisotopic (exact) mass is 389 g/mol. The van der Waals surface area contributed by atoms with Crippen LogP contribution in [-0.4, -0.2) is 27.4 Å². The number of nitrogens with zero attached hydrogens (tertiary/aromatic N) is 1. The van der Waals surface area contributed by atoms with Crippen LogP contribution in [0.2, 0.25) is 0 Å². The number of ether oxygens (including phenoxy) is 1. The number of fused-ring (bicyclic) bond motifs is 1. The summed E-state index contributed by atoms with van der Waals surface area (Å²) in [4.78, 5) is 16.6. The van der Waals surface area contributed by atoms with E-state index in [1.807, 2.05) is 24.3 Å². The van der Waals surface area contributed by atoms with Crippen LogP contribution < -0.4 is 4.74 Å². The Kier molecular flexibility index (Phi) is 6.48. The molecular weight excluding hydrogens is 366 g/mol. The minimum absolute atomic E-state index is 0.00325. The fourth-order valence-corrected chi connectivity index (χ4v) is 4.57. The van der Waals surface area contributed by atoms with E-state index in [1.165, 1.54) is 5.56 Å². The van der Waals surface area contributed by atoms with Gasteiger partial charge in [-0.3, -0.25) is 4.79 Å². The van der Waals surface area contributed by atoms with Crippen molar-refractivity contribution in [3.05, 3.63) is 42.0 Å². The lowest BCUT2D eigenvalue weighted by molar-refractivity contribution is -0.137. The molecule has 3 rings (SSSR count). The molecule has 1 unspecified atom stereocenters. The van der Waals surface area contributed by atoms with Crippen molar-refractivity contribution < 1.29 is 14.6 Å². The molecule has 1 atom stereocenters. The molecule has 1 N–H and O–H groups in total. The minimum Gasteiger partial charge on any atom is -0.490 e. The van der Waals surface area contributed by atoms with Crippen molar-refractivity contribution in [1.29, 1.82) is 0 Å². The van der Waals surface area contributed by atoms with Crippen LogP contribution >= 0.6 is 23.5 Å². The van der Waals surface area contributed by atoms with Gasteiger partial charge < -0.3 is 9.84 Å². The Hall–Kier alpha value is -1.66. The molecule has 138 valence electrons. The first-order valence-electron chi connectivity index (χ1n) is 8.82. The van der Waals surface area contributed by atoms with Gasteiger partial charge in [-0.1, -0.05) is 31.7 Å². The molecule has 0 spiro atoms. The molecule has 1 aromatic heterocycles. The van der Waals surface area contributed by atoms with E-state index in [4.69, 9.17) is 14.8 Å². The highest BCUT2D eigenvalue weighted by molar-refractivity contribution is 8.00. The molecular formula is C20H23NO3S2. The second-order valence-corrected chi connectivity index (χ2v) is 9.25. The SMILES string of the molecule is CC(C)Sc1cccc(Sc2ccc3c(c2)CCC(CCC(=O)O)O3)n1. The first-order valence-corrected chi connectivity index (χ1v) is 10.5. The molecule has 4 nitrogen and oxygen atoms in total. The van der Waals surface area contributed by atoms with Crippen LogP contribution in [0.1, 0.15) is 38.7 Å². The molecule has 6 heteroatoms. The predicted octanol–water partition coefficient (Wildman–Crippen LogP) is 5.29. The third-order valence-corrected chi connectivity index (χ3v) is 5.88. The molecule has 0 saturated carbocycles. The highest BCUT2D eigenvalue weighted by Gasteiger charge is 2.21. The third kappa shape index (κ3) is 5.42. The molecule has 0 radical (unpaired) electrons.